The zero-order chi connectivity index (χ0) is 18.7. The molecular weight excluding hydrogens is 375 g/mol. The van der Waals surface area contributed by atoms with Crippen molar-refractivity contribution in [2.75, 3.05) is 24.6 Å². The molecule has 0 bridgehead atoms. The molecule has 136 valence electrons. The lowest BCUT2D eigenvalue weighted by molar-refractivity contribution is 0.0951. The summed E-state index contributed by atoms with van der Waals surface area (Å²) in [5.41, 5.74) is 2.04. The maximum absolute atomic E-state index is 12.4. The van der Waals surface area contributed by atoms with Gasteiger partial charge in [-0.25, -0.2) is 4.79 Å². The van der Waals surface area contributed by atoms with Gasteiger partial charge in [0.2, 0.25) is 0 Å². The average Bonchev–Trinajstić information content (AvgIpc) is 3.05. The van der Waals surface area contributed by atoms with Crippen molar-refractivity contribution < 1.29 is 14.3 Å². The third kappa shape index (κ3) is 3.94. The lowest BCUT2D eigenvalue weighted by Gasteiger charge is -2.16. The number of amides is 2. The Morgan fingerprint density at radius 3 is 2.42 bits per heavy atom. The molecule has 1 fully saturated rings. The summed E-state index contributed by atoms with van der Waals surface area (Å²) in [6.45, 7) is 3.25. The molecule has 1 aliphatic rings. The molecule has 2 amide bonds. The van der Waals surface area contributed by atoms with Crippen molar-refractivity contribution in [3.05, 3.63) is 63.6 Å². The van der Waals surface area contributed by atoms with Gasteiger partial charge in [-0.3, -0.25) is 9.69 Å². The highest BCUT2D eigenvalue weighted by atomic mass is 35.5. The molecule has 0 saturated carbocycles. The Bertz CT molecular complexity index is 804. The monoisotopic (exact) mass is 392 g/mol. The molecule has 1 atom stereocenters. The van der Waals surface area contributed by atoms with Crippen molar-refractivity contribution in [1.82, 2.24) is 5.32 Å². The van der Waals surface area contributed by atoms with E-state index >= 15 is 0 Å². The topological polar surface area (TPSA) is 58.6 Å². The summed E-state index contributed by atoms with van der Waals surface area (Å²) in [5.74, 6) is -0.227. The van der Waals surface area contributed by atoms with E-state index in [0.717, 1.165) is 5.56 Å². The standard InChI is InChI=1S/C19H18Cl2N2O3/c1-12(17-15(20)3-2-4-16(17)21)11-22-18(24)13-5-7-14(8-6-13)23-9-10-26-19(23)25/h2-8,12H,9-11H2,1H3,(H,22,24). The van der Waals surface area contributed by atoms with Gasteiger partial charge in [0.1, 0.15) is 6.61 Å². The zero-order valence-electron chi connectivity index (χ0n) is 14.2. The molecule has 1 saturated heterocycles. The Balaban J connectivity index is 1.62. The highest BCUT2D eigenvalue weighted by Gasteiger charge is 2.23. The first-order valence-electron chi connectivity index (χ1n) is 8.24. The van der Waals surface area contributed by atoms with Gasteiger partial charge in [0.15, 0.2) is 0 Å². The van der Waals surface area contributed by atoms with E-state index in [2.05, 4.69) is 5.32 Å². The van der Waals surface area contributed by atoms with Crippen molar-refractivity contribution in [3.63, 3.8) is 0 Å². The second kappa shape index (κ2) is 7.98. The summed E-state index contributed by atoms with van der Waals surface area (Å²) < 4.78 is 4.91. The van der Waals surface area contributed by atoms with Crippen LogP contribution in [0, 0.1) is 0 Å². The second-order valence-corrected chi connectivity index (χ2v) is 6.87. The molecule has 1 aliphatic heterocycles. The first-order chi connectivity index (χ1) is 12.5. The van der Waals surface area contributed by atoms with E-state index in [1.165, 1.54) is 4.90 Å². The Morgan fingerprint density at radius 2 is 1.85 bits per heavy atom. The summed E-state index contributed by atoms with van der Waals surface area (Å²) >= 11 is 12.4. The van der Waals surface area contributed by atoms with Crippen LogP contribution in [0.15, 0.2) is 42.5 Å². The zero-order valence-corrected chi connectivity index (χ0v) is 15.7. The molecule has 0 aliphatic carbocycles. The molecule has 1 heterocycles. The molecule has 5 nitrogen and oxygen atoms in total. The van der Waals surface area contributed by atoms with Gasteiger partial charge < -0.3 is 10.1 Å². The molecule has 0 aromatic heterocycles. The predicted octanol–water partition coefficient (Wildman–Crippen LogP) is 4.48. The fourth-order valence-electron chi connectivity index (χ4n) is 2.85. The predicted molar refractivity (Wildman–Crippen MR) is 102 cm³/mol. The molecule has 26 heavy (non-hydrogen) atoms. The minimum absolute atomic E-state index is 0.0289. The van der Waals surface area contributed by atoms with Crippen LogP contribution in [-0.4, -0.2) is 31.7 Å². The van der Waals surface area contributed by atoms with E-state index in [-0.39, 0.29) is 17.9 Å². The van der Waals surface area contributed by atoms with Crippen molar-refractivity contribution in [2.24, 2.45) is 0 Å². The second-order valence-electron chi connectivity index (χ2n) is 6.06. The summed E-state index contributed by atoms with van der Waals surface area (Å²) in [4.78, 5) is 25.5. The van der Waals surface area contributed by atoms with Gasteiger partial charge in [0, 0.05) is 33.8 Å². The number of anilines is 1. The number of hydrogen-bond acceptors (Lipinski definition) is 3. The molecule has 3 rings (SSSR count). The summed E-state index contributed by atoms with van der Waals surface area (Å²) in [7, 11) is 0. The number of nitrogens with one attached hydrogen (secondary N) is 1. The maximum atomic E-state index is 12.4. The highest BCUT2D eigenvalue weighted by molar-refractivity contribution is 6.36. The maximum Gasteiger partial charge on any atom is 0.414 e. The van der Waals surface area contributed by atoms with E-state index in [1.54, 1.807) is 42.5 Å². The Kier molecular flexibility index (Phi) is 5.69. The molecule has 0 spiro atoms. The Morgan fingerprint density at radius 1 is 1.19 bits per heavy atom. The van der Waals surface area contributed by atoms with Gasteiger partial charge in [-0.1, -0.05) is 36.2 Å². The number of hydrogen-bond donors (Lipinski definition) is 1. The SMILES string of the molecule is CC(CNC(=O)c1ccc(N2CCOC2=O)cc1)c1c(Cl)cccc1Cl. The van der Waals surface area contributed by atoms with Gasteiger partial charge in [0.05, 0.1) is 6.54 Å². The van der Waals surface area contributed by atoms with Crippen LogP contribution >= 0.6 is 23.2 Å². The van der Waals surface area contributed by atoms with Crippen LogP contribution in [-0.2, 0) is 4.74 Å². The Hall–Kier alpha value is -2.24. The van der Waals surface area contributed by atoms with Crippen molar-refractivity contribution in [1.29, 1.82) is 0 Å². The first kappa shape index (κ1) is 18.5. The molecule has 0 radical (unpaired) electrons. The summed E-state index contributed by atoms with van der Waals surface area (Å²) in [5, 5.41) is 4.06. The Labute approximate surface area is 161 Å². The van der Waals surface area contributed by atoms with Crippen LogP contribution in [0.2, 0.25) is 10.0 Å². The lowest BCUT2D eigenvalue weighted by atomic mass is 10.0. The lowest BCUT2D eigenvalue weighted by Crippen LogP contribution is -2.28. The van der Waals surface area contributed by atoms with Gasteiger partial charge in [0.25, 0.3) is 5.91 Å². The molecule has 1 N–H and O–H groups in total. The number of halogens is 2. The van der Waals surface area contributed by atoms with Crippen molar-refractivity contribution in [3.8, 4) is 0 Å². The number of ether oxygens (including phenoxy) is 1. The van der Waals surface area contributed by atoms with Crippen LogP contribution in [0.1, 0.15) is 28.8 Å². The number of carbonyl (C=O) groups excluding carboxylic acids is 2. The highest BCUT2D eigenvalue weighted by Crippen LogP contribution is 2.31. The number of carbonyl (C=O) groups is 2. The van der Waals surface area contributed by atoms with Gasteiger partial charge in [-0.05, 0) is 42.0 Å². The first-order valence-corrected chi connectivity index (χ1v) is 8.99. The number of benzene rings is 2. The molecule has 7 heteroatoms. The van der Waals surface area contributed by atoms with E-state index < -0.39 is 0 Å². The molecular formula is C19H18Cl2N2O3. The van der Waals surface area contributed by atoms with E-state index in [4.69, 9.17) is 27.9 Å². The van der Waals surface area contributed by atoms with Crippen LogP contribution in [0.4, 0.5) is 10.5 Å². The van der Waals surface area contributed by atoms with E-state index in [1.807, 2.05) is 6.92 Å². The normalized spacial score (nSPS) is 14.9. The fraction of sp³-hybridized carbons (Fsp3) is 0.263. The van der Waals surface area contributed by atoms with Crippen LogP contribution < -0.4 is 10.2 Å². The van der Waals surface area contributed by atoms with E-state index in [0.29, 0.717) is 41.0 Å². The molecule has 2 aromatic carbocycles. The van der Waals surface area contributed by atoms with Crippen molar-refractivity contribution in [2.45, 2.75) is 12.8 Å². The van der Waals surface area contributed by atoms with Gasteiger partial charge in [-0.2, -0.15) is 0 Å². The number of nitrogens with zero attached hydrogens (tertiary/aromatic N) is 1. The summed E-state index contributed by atoms with van der Waals surface area (Å²) in [6, 6.07) is 12.2. The van der Waals surface area contributed by atoms with E-state index in [9.17, 15) is 9.59 Å². The number of cyclic esters (lactones) is 1. The van der Waals surface area contributed by atoms with Crippen LogP contribution in [0.5, 0.6) is 0 Å². The van der Waals surface area contributed by atoms with Gasteiger partial charge >= 0.3 is 6.09 Å². The molecule has 1 unspecified atom stereocenters. The number of rotatable bonds is 5. The van der Waals surface area contributed by atoms with Crippen LogP contribution in [0.3, 0.4) is 0 Å². The fourth-order valence-corrected chi connectivity index (χ4v) is 3.62. The minimum Gasteiger partial charge on any atom is -0.447 e. The van der Waals surface area contributed by atoms with Gasteiger partial charge in [-0.15, -0.1) is 0 Å². The third-order valence-electron chi connectivity index (χ3n) is 4.26. The average molecular weight is 393 g/mol. The van der Waals surface area contributed by atoms with Crippen molar-refractivity contribution >= 4 is 40.9 Å². The smallest absolute Gasteiger partial charge is 0.414 e. The molecule has 2 aromatic rings. The minimum atomic E-state index is -0.368. The van der Waals surface area contributed by atoms with Crippen LogP contribution in [0.25, 0.3) is 0 Å². The quantitative estimate of drug-likeness (QED) is 0.815. The largest absolute Gasteiger partial charge is 0.447 e. The third-order valence-corrected chi connectivity index (χ3v) is 4.92. The summed E-state index contributed by atoms with van der Waals surface area (Å²) in [6.07, 6.45) is -0.368.